The van der Waals surface area contributed by atoms with Gasteiger partial charge < -0.3 is 4.74 Å². The van der Waals surface area contributed by atoms with Gasteiger partial charge in [0, 0.05) is 6.42 Å². The molecule has 1 aliphatic carbocycles. The maximum Gasteiger partial charge on any atom is 0.158 e. The van der Waals surface area contributed by atoms with Crippen molar-refractivity contribution in [3.8, 4) is 0 Å². The second-order valence-electron chi connectivity index (χ2n) is 5.68. The fraction of sp³-hybridized carbons (Fsp3) is 0.933. The standard InChI is InChI=1S/C15H28O2/c1-5-11(3)13-8-7-12(4)15(9-13)17-10-14(16)6-2/h11-13,15H,5-10H2,1-4H3/t11-,12?,13?,15?/m1/s1. The smallest absolute Gasteiger partial charge is 0.158 e. The Kier molecular flexibility index (Phi) is 6.18. The molecule has 1 saturated carbocycles. The molecule has 0 aromatic rings. The summed E-state index contributed by atoms with van der Waals surface area (Å²) in [6.45, 7) is 9.08. The topological polar surface area (TPSA) is 26.3 Å². The van der Waals surface area contributed by atoms with Crippen molar-refractivity contribution < 1.29 is 9.53 Å². The molecule has 3 unspecified atom stereocenters. The zero-order valence-corrected chi connectivity index (χ0v) is 11.9. The lowest BCUT2D eigenvalue weighted by Crippen LogP contribution is -2.33. The lowest BCUT2D eigenvalue weighted by Gasteiger charge is -2.36. The molecular weight excluding hydrogens is 212 g/mol. The van der Waals surface area contributed by atoms with Gasteiger partial charge in [0.25, 0.3) is 0 Å². The fourth-order valence-corrected chi connectivity index (χ4v) is 2.70. The summed E-state index contributed by atoms with van der Waals surface area (Å²) in [6.07, 6.45) is 5.87. The summed E-state index contributed by atoms with van der Waals surface area (Å²) in [7, 11) is 0. The van der Waals surface area contributed by atoms with Crippen molar-refractivity contribution in [3.63, 3.8) is 0 Å². The SMILES string of the molecule is CCC(=O)COC1CC([C@H](C)CC)CCC1C. The fourth-order valence-electron chi connectivity index (χ4n) is 2.70. The second-order valence-corrected chi connectivity index (χ2v) is 5.68. The monoisotopic (exact) mass is 240 g/mol. The first-order valence-corrected chi connectivity index (χ1v) is 7.21. The highest BCUT2D eigenvalue weighted by atomic mass is 16.5. The van der Waals surface area contributed by atoms with Gasteiger partial charge in [0.15, 0.2) is 5.78 Å². The molecule has 0 aromatic carbocycles. The highest BCUT2D eigenvalue weighted by molar-refractivity contribution is 5.79. The molecule has 0 amide bonds. The van der Waals surface area contributed by atoms with Crippen LogP contribution in [0, 0.1) is 17.8 Å². The first-order valence-electron chi connectivity index (χ1n) is 7.21. The average Bonchev–Trinajstić information content (AvgIpc) is 2.36. The predicted octanol–water partition coefficient (Wildman–Crippen LogP) is 3.83. The van der Waals surface area contributed by atoms with Gasteiger partial charge >= 0.3 is 0 Å². The first-order chi connectivity index (χ1) is 8.08. The summed E-state index contributed by atoms with van der Waals surface area (Å²) in [6, 6.07) is 0. The molecule has 100 valence electrons. The minimum Gasteiger partial charge on any atom is -0.370 e. The van der Waals surface area contributed by atoms with Crippen LogP contribution in [0.3, 0.4) is 0 Å². The van der Waals surface area contributed by atoms with Gasteiger partial charge in [0.1, 0.15) is 6.61 Å². The third kappa shape index (κ3) is 4.42. The molecule has 4 atom stereocenters. The Hall–Kier alpha value is -0.370. The molecule has 0 aromatic heterocycles. The van der Waals surface area contributed by atoms with Crippen molar-refractivity contribution in [1.82, 2.24) is 0 Å². The minimum atomic E-state index is 0.225. The molecule has 0 heterocycles. The molecule has 0 spiro atoms. The van der Waals surface area contributed by atoms with E-state index < -0.39 is 0 Å². The van der Waals surface area contributed by atoms with E-state index in [1.54, 1.807) is 0 Å². The van der Waals surface area contributed by atoms with Gasteiger partial charge in [-0.05, 0) is 37.0 Å². The van der Waals surface area contributed by atoms with Crippen molar-refractivity contribution in [2.45, 2.75) is 65.9 Å². The van der Waals surface area contributed by atoms with Crippen LogP contribution in [0.1, 0.15) is 59.8 Å². The summed E-state index contributed by atoms with van der Waals surface area (Å²) in [4.78, 5) is 11.3. The number of Topliss-reactive ketones (excluding diaryl/α,β-unsaturated/α-hetero) is 1. The van der Waals surface area contributed by atoms with Crippen LogP contribution in [0.4, 0.5) is 0 Å². The van der Waals surface area contributed by atoms with Crippen LogP contribution in [-0.4, -0.2) is 18.5 Å². The molecule has 0 saturated heterocycles. The largest absolute Gasteiger partial charge is 0.370 e. The third-order valence-corrected chi connectivity index (χ3v) is 4.46. The van der Waals surface area contributed by atoms with E-state index in [2.05, 4.69) is 20.8 Å². The predicted molar refractivity (Wildman–Crippen MR) is 71.0 cm³/mol. The molecule has 17 heavy (non-hydrogen) atoms. The number of carbonyl (C=O) groups is 1. The Morgan fingerprint density at radius 1 is 1.35 bits per heavy atom. The molecule has 1 fully saturated rings. The Morgan fingerprint density at radius 2 is 2.06 bits per heavy atom. The van der Waals surface area contributed by atoms with Gasteiger partial charge in [-0.25, -0.2) is 0 Å². The normalized spacial score (nSPS) is 31.2. The van der Waals surface area contributed by atoms with Crippen LogP contribution < -0.4 is 0 Å². The number of ether oxygens (including phenoxy) is 1. The van der Waals surface area contributed by atoms with Crippen LogP contribution in [0.15, 0.2) is 0 Å². The summed E-state index contributed by atoms with van der Waals surface area (Å²) in [5.74, 6) is 2.41. The van der Waals surface area contributed by atoms with Gasteiger partial charge in [0.2, 0.25) is 0 Å². The van der Waals surface area contributed by atoms with Crippen molar-refractivity contribution in [1.29, 1.82) is 0 Å². The van der Waals surface area contributed by atoms with Crippen molar-refractivity contribution in [3.05, 3.63) is 0 Å². The van der Waals surface area contributed by atoms with Crippen molar-refractivity contribution in [2.24, 2.45) is 17.8 Å². The Bertz CT molecular complexity index is 237. The molecule has 0 aliphatic heterocycles. The highest BCUT2D eigenvalue weighted by Gasteiger charge is 2.30. The molecular formula is C15H28O2. The van der Waals surface area contributed by atoms with Crippen LogP contribution in [-0.2, 0) is 9.53 Å². The summed E-state index contributed by atoms with van der Waals surface area (Å²) in [5, 5.41) is 0. The van der Waals surface area contributed by atoms with Crippen LogP contribution in [0.5, 0.6) is 0 Å². The van der Waals surface area contributed by atoms with E-state index in [9.17, 15) is 4.79 Å². The van der Waals surface area contributed by atoms with Crippen molar-refractivity contribution in [2.75, 3.05) is 6.61 Å². The minimum absolute atomic E-state index is 0.225. The summed E-state index contributed by atoms with van der Waals surface area (Å²) < 4.78 is 5.82. The molecule has 2 heteroatoms. The van der Waals surface area contributed by atoms with Gasteiger partial charge in [-0.1, -0.05) is 34.1 Å². The number of hydrogen-bond donors (Lipinski definition) is 0. The van der Waals surface area contributed by atoms with Gasteiger partial charge in [-0.15, -0.1) is 0 Å². The summed E-state index contributed by atoms with van der Waals surface area (Å²) in [5.41, 5.74) is 0. The molecule has 2 nitrogen and oxygen atoms in total. The molecule has 0 bridgehead atoms. The summed E-state index contributed by atoms with van der Waals surface area (Å²) >= 11 is 0. The Morgan fingerprint density at radius 3 is 2.65 bits per heavy atom. The number of ketones is 1. The zero-order valence-electron chi connectivity index (χ0n) is 11.9. The Balaban J connectivity index is 2.43. The quantitative estimate of drug-likeness (QED) is 0.705. The average molecular weight is 240 g/mol. The van der Waals surface area contributed by atoms with Gasteiger partial charge in [0.05, 0.1) is 6.10 Å². The van der Waals surface area contributed by atoms with Crippen LogP contribution in [0.25, 0.3) is 0 Å². The first kappa shape index (κ1) is 14.7. The molecule has 0 radical (unpaired) electrons. The molecule has 1 aliphatic rings. The highest BCUT2D eigenvalue weighted by Crippen LogP contribution is 2.36. The van der Waals surface area contributed by atoms with E-state index in [0.29, 0.717) is 25.0 Å². The van der Waals surface area contributed by atoms with Gasteiger partial charge in [-0.3, -0.25) is 4.79 Å². The van der Waals surface area contributed by atoms with E-state index in [-0.39, 0.29) is 5.78 Å². The van der Waals surface area contributed by atoms with Crippen molar-refractivity contribution >= 4 is 5.78 Å². The number of hydrogen-bond acceptors (Lipinski definition) is 2. The van der Waals surface area contributed by atoms with E-state index in [4.69, 9.17) is 4.74 Å². The Labute approximate surface area is 106 Å². The second kappa shape index (κ2) is 7.15. The molecule has 0 N–H and O–H groups in total. The van der Waals surface area contributed by atoms with Crippen LogP contribution in [0.2, 0.25) is 0 Å². The zero-order chi connectivity index (χ0) is 12.8. The lowest BCUT2D eigenvalue weighted by atomic mass is 9.74. The van der Waals surface area contributed by atoms with E-state index in [1.165, 1.54) is 19.3 Å². The number of rotatable bonds is 6. The van der Waals surface area contributed by atoms with Gasteiger partial charge in [-0.2, -0.15) is 0 Å². The maximum atomic E-state index is 11.3. The number of carbonyl (C=O) groups excluding carboxylic acids is 1. The third-order valence-electron chi connectivity index (χ3n) is 4.46. The maximum absolute atomic E-state index is 11.3. The van der Waals surface area contributed by atoms with E-state index in [1.807, 2.05) is 6.92 Å². The van der Waals surface area contributed by atoms with E-state index in [0.717, 1.165) is 18.3 Å². The lowest BCUT2D eigenvalue weighted by molar-refractivity contribution is -0.128. The molecule has 1 rings (SSSR count). The van der Waals surface area contributed by atoms with E-state index >= 15 is 0 Å². The van der Waals surface area contributed by atoms with Crippen LogP contribution >= 0.6 is 0 Å².